The number of ether oxygens (including phenoxy) is 1. The van der Waals surface area contributed by atoms with E-state index in [0.717, 1.165) is 12.8 Å². The van der Waals surface area contributed by atoms with Gasteiger partial charge in [-0.15, -0.1) is 0 Å². The predicted octanol–water partition coefficient (Wildman–Crippen LogP) is 3.18. The van der Waals surface area contributed by atoms with Crippen LogP contribution in [-0.2, 0) is 9.53 Å². The minimum Gasteiger partial charge on any atom is -0.480 e. The number of hydrogen-bond donors (Lipinski definition) is 2. The van der Waals surface area contributed by atoms with E-state index in [2.05, 4.69) is 5.32 Å². The average Bonchev–Trinajstić information content (AvgIpc) is 2.76. The molecule has 1 amide bonds. The summed E-state index contributed by atoms with van der Waals surface area (Å²) in [4.78, 5) is 23.4. The molecule has 5 nitrogen and oxygen atoms in total. The third kappa shape index (κ3) is 4.35. The van der Waals surface area contributed by atoms with Crippen LogP contribution >= 0.6 is 0 Å². The minimum absolute atomic E-state index is 0.0307. The molecule has 120 valence electrons. The lowest BCUT2D eigenvalue weighted by atomic mass is 9.82. The van der Waals surface area contributed by atoms with Crippen molar-refractivity contribution < 1.29 is 19.4 Å². The number of carbonyl (C=O) groups excluding carboxylic acids is 1. The van der Waals surface area contributed by atoms with Crippen LogP contribution in [0.15, 0.2) is 0 Å². The van der Waals surface area contributed by atoms with Crippen LogP contribution < -0.4 is 5.32 Å². The highest BCUT2D eigenvalue weighted by Crippen LogP contribution is 2.46. The maximum atomic E-state index is 11.8. The van der Waals surface area contributed by atoms with Gasteiger partial charge in [0, 0.05) is 0 Å². The fourth-order valence-electron chi connectivity index (χ4n) is 3.87. The van der Waals surface area contributed by atoms with Crippen molar-refractivity contribution in [2.45, 2.75) is 70.9 Å². The molecule has 2 aliphatic carbocycles. The molecule has 21 heavy (non-hydrogen) atoms. The SMILES string of the molecule is CC(C)(C)OC(=O)N[C@H](C(=O)O)C1CC2CCCCC2C1. The quantitative estimate of drug-likeness (QED) is 0.839. The molecule has 0 aliphatic heterocycles. The molecule has 0 aromatic heterocycles. The lowest BCUT2D eigenvalue weighted by Crippen LogP contribution is -2.47. The molecule has 2 saturated carbocycles. The van der Waals surface area contributed by atoms with Crippen molar-refractivity contribution in [1.82, 2.24) is 5.32 Å². The van der Waals surface area contributed by atoms with E-state index in [-0.39, 0.29) is 5.92 Å². The van der Waals surface area contributed by atoms with Crippen molar-refractivity contribution in [2.75, 3.05) is 0 Å². The second kappa shape index (κ2) is 6.24. The number of carboxylic acid groups (broad SMARTS) is 1. The Morgan fingerprint density at radius 3 is 2.10 bits per heavy atom. The van der Waals surface area contributed by atoms with Crippen LogP contribution in [0.5, 0.6) is 0 Å². The van der Waals surface area contributed by atoms with Crippen LogP contribution in [0.1, 0.15) is 59.3 Å². The Hall–Kier alpha value is -1.26. The highest BCUT2D eigenvalue weighted by atomic mass is 16.6. The van der Waals surface area contributed by atoms with Crippen molar-refractivity contribution in [3.8, 4) is 0 Å². The fraction of sp³-hybridized carbons (Fsp3) is 0.875. The number of carbonyl (C=O) groups is 2. The molecule has 2 unspecified atom stereocenters. The van der Waals surface area contributed by atoms with Gasteiger partial charge < -0.3 is 15.2 Å². The largest absolute Gasteiger partial charge is 0.480 e. The molecule has 0 radical (unpaired) electrons. The van der Waals surface area contributed by atoms with E-state index in [1.165, 1.54) is 25.7 Å². The van der Waals surface area contributed by atoms with Crippen LogP contribution in [0, 0.1) is 17.8 Å². The van der Waals surface area contributed by atoms with Crippen LogP contribution in [-0.4, -0.2) is 28.8 Å². The predicted molar refractivity (Wildman–Crippen MR) is 79.0 cm³/mol. The first-order chi connectivity index (χ1) is 9.76. The third-order valence-corrected chi connectivity index (χ3v) is 4.69. The van der Waals surface area contributed by atoms with E-state index >= 15 is 0 Å². The Labute approximate surface area is 126 Å². The molecule has 0 saturated heterocycles. The van der Waals surface area contributed by atoms with Crippen molar-refractivity contribution >= 4 is 12.1 Å². The van der Waals surface area contributed by atoms with Gasteiger partial charge in [0.15, 0.2) is 0 Å². The van der Waals surface area contributed by atoms with Crippen molar-refractivity contribution in [2.24, 2.45) is 17.8 Å². The molecule has 0 heterocycles. The summed E-state index contributed by atoms with van der Waals surface area (Å²) in [6.07, 6.45) is 6.12. The number of carboxylic acids is 1. The average molecular weight is 297 g/mol. The number of nitrogens with one attached hydrogen (secondary N) is 1. The lowest BCUT2D eigenvalue weighted by Gasteiger charge is -2.24. The molecule has 2 rings (SSSR count). The van der Waals surface area contributed by atoms with Gasteiger partial charge in [0.2, 0.25) is 0 Å². The molecule has 0 spiro atoms. The number of alkyl carbamates (subject to hydrolysis) is 1. The maximum absolute atomic E-state index is 11.8. The smallest absolute Gasteiger partial charge is 0.408 e. The van der Waals surface area contributed by atoms with E-state index in [1.807, 2.05) is 0 Å². The second-order valence-corrected chi connectivity index (χ2v) is 7.50. The number of hydrogen-bond acceptors (Lipinski definition) is 3. The topological polar surface area (TPSA) is 75.6 Å². The second-order valence-electron chi connectivity index (χ2n) is 7.50. The van der Waals surface area contributed by atoms with Gasteiger partial charge in [-0.25, -0.2) is 9.59 Å². The van der Waals surface area contributed by atoms with Gasteiger partial charge >= 0.3 is 12.1 Å². The zero-order valence-corrected chi connectivity index (χ0v) is 13.2. The number of rotatable bonds is 3. The summed E-state index contributed by atoms with van der Waals surface area (Å²) in [5.74, 6) is 0.365. The summed E-state index contributed by atoms with van der Waals surface area (Å²) >= 11 is 0. The van der Waals surface area contributed by atoms with Crippen molar-refractivity contribution in [3.05, 3.63) is 0 Å². The monoisotopic (exact) mass is 297 g/mol. The number of amides is 1. The van der Waals surface area contributed by atoms with E-state index in [0.29, 0.717) is 11.8 Å². The Bertz CT molecular complexity index is 388. The van der Waals surface area contributed by atoms with Gasteiger partial charge in [0.1, 0.15) is 11.6 Å². The van der Waals surface area contributed by atoms with Crippen LogP contribution in [0.4, 0.5) is 4.79 Å². The van der Waals surface area contributed by atoms with E-state index in [1.54, 1.807) is 20.8 Å². The van der Waals surface area contributed by atoms with Gasteiger partial charge in [0.05, 0.1) is 0 Å². The first kappa shape index (κ1) is 16.1. The van der Waals surface area contributed by atoms with Crippen molar-refractivity contribution in [1.29, 1.82) is 0 Å². The summed E-state index contributed by atoms with van der Waals surface area (Å²) < 4.78 is 5.18. The zero-order chi connectivity index (χ0) is 15.6. The lowest BCUT2D eigenvalue weighted by molar-refractivity contribution is -0.141. The molecule has 2 N–H and O–H groups in total. The van der Waals surface area contributed by atoms with Crippen LogP contribution in [0.3, 0.4) is 0 Å². The van der Waals surface area contributed by atoms with E-state index in [9.17, 15) is 14.7 Å². The third-order valence-electron chi connectivity index (χ3n) is 4.69. The van der Waals surface area contributed by atoms with Crippen LogP contribution in [0.25, 0.3) is 0 Å². The summed E-state index contributed by atoms with van der Waals surface area (Å²) in [6, 6.07) is -0.828. The fourth-order valence-corrected chi connectivity index (χ4v) is 3.87. The molecule has 2 fully saturated rings. The summed E-state index contributed by atoms with van der Waals surface area (Å²) in [7, 11) is 0. The van der Waals surface area contributed by atoms with Gasteiger partial charge in [0.25, 0.3) is 0 Å². The molecule has 2 aliphatic rings. The molecule has 0 aromatic carbocycles. The van der Waals surface area contributed by atoms with Gasteiger partial charge in [-0.05, 0) is 51.4 Å². The molecule has 5 heteroatoms. The number of fused-ring (bicyclic) bond motifs is 1. The van der Waals surface area contributed by atoms with E-state index < -0.39 is 23.7 Å². The van der Waals surface area contributed by atoms with Crippen molar-refractivity contribution in [3.63, 3.8) is 0 Å². The Morgan fingerprint density at radius 1 is 1.14 bits per heavy atom. The highest BCUT2D eigenvalue weighted by molar-refractivity contribution is 5.80. The van der Waals surface area contributed by atoms with Gasteiger partial charge in [-0.2, -0.15) is 0 Å². The standard InChI is InChI=1S/C16H27NO4/c1-16(2,3)21-15(20)17-13(14(18)19)12-8-10-6-4-5-7-11(10)9-12/h10-13H,4-9H2,1-3H3,(H,17,20)(H,18,19)/t10?,11?,12?,13-/m0/s1. The molecular weight excluding hydrogens is 270 g/mol. The van der Waals surface area contributed by atoms with E-state index in [4.69, 9.17) is 4.74 Å². The van der Waals surface area contributed by atoms with Crippen LogP contribution in [0.2, 0.25) is 0 Å². The first-order valence-electron chi connectivity index (χ1n) is 7.98. The highest BCUT2D eigenvalue weighted by Gasteiger charge is 2.42. The Morgan fingerprint density at radius 2 is 1.67 bits per heavy atom. The maximum Gasteiger partial charge on any atom is 0.408 e. The Kier molecular flexibility index (Phi) is 4.79. The molecule has 0 bridgehead atoms. The summed E-state index contributed by atoms with van der Waals surface area (Å²) in [6.45, 7) is 5.31. The van der Waals surface area contributed by atoms with Gasteiger partial charge in [-0.3, -0.25) is 0 Å². The molecule has 3 atom stereocenters. The molecule has 0 aromatic rings. The summed E-state index contributed by atoms with van der Waals surface area (Å²) in [5.41, 5.74) is -0.614. The summed E-state index contributed by atoms with van der Waals surface area (Å²) in [5, 5.41) is 12.0. The Balaban J connectivity index is 1.96. The minimum atomic E-state index is -0.954. The normalized spacial score (nSPS) is 30.3. The molecular formula is C16H27NO4. The van der Waals surface area contributed by atoms with Gasteiger partial charge in [-0.1, -0.05) is 25.7 Å². The zero-order valence-electron chi connectivity index (χ0n) is 13.2. The first-order valence-corrected chi connectivity index (χ1v) is 7.98. The number of aliphatic carboxylic acids is 1.